The number of hydrogen-bond donors (Lipinski definition) is 0. The maximum Gasteiger partial charge on any atom is 0.167 e. The number of aromatic nitrogens is 3. The first-order chi connectivity index (χ1) is 28.8. The van der Waals surface area contributed by atoms with Gasteiger partial charge in [-0.05, 0) is 75.4 Å². The lowest BCUT2D eigenvalue weighted by Crippen LogP contribution is -2.05. The maximum absolute atomic E-state index is 6.71. The first-order valence-electron chi connectivity index (χ1n) is 19.7. The fraction of sp³-hybridized carbons (Fsp3) is 0.0377. The minimum absolute atomic E-state index is 0.562. The number of rotatable bonds is 5. The molecule has 1 aliphatic carbocycles. The van der Waals surface area contributed by atoms with Crippen LogP contribution in [-0.4, -0.2) is 15.0 Å². The molecule has 1 aliphatic rings. The number of para-hydroxylation sites is 3. The largest absolute Gasteiger partial charge is 0.455 e. The first-order valence-corrected chi connectivity index (χ1v) is 19.7. The Hall–Kier alpha value is -7.63. The van der Waals surface area contributed by atoms with Crippen molar-refractivity contribution in [2.24, 2.45) is 0 Å². The highest BCUT2D eigenvalue weighted by molar-refractivity contribution is 6.17. The zero-order valence-corrected chi connectivity index (χ0v) is 31.3. The van der Waals surface area contributed by atoms with Gasteiger partial charge in [-0.25, -0.2) is 15.0 Å². The van der Waals surface area contributed by atoms with Crippen molar-refractivity contribution in [2.75, 3.05) is 0 Å². The Morgan fingerprint density at radius 3 is 1.90 bits per heavy atom. The molecule has 0 atom stereocenters. The van der Waals surface area contributed by atoms with Crippen molar-refractivity contribution in [1.82, 2.24) is 15.0 Å². The number of allylic oxidation sites excluding steroid dienone is 4. The van der Waals surface area contributed by atoms with E-state index in [4.69, 9.17) is 23.8 Å². The van der Waals surface area contributed by atoms with Gasteiger partial charge in [0.15, 0.2) is 17.5 Å². The molecular weight excluding hydrogens is 711 g/mol. The molecule has 58 heavy (non-hydrogen) atoms. The van der Waals surface area contributed by atoms with Crippen LogP contribution in [0.2, 0.25) is 0 Å². The molecule has 0 saturated heterocycles. The summed E-state index contributed by atoms with van der Waals surface area (Å²) in [7, 11) is 0. The van der Waals surface area contributed by atoms with E-state index >= 15 is 0 Å². The number of hydrogen-bond acceptors (Lipinski definition) is 5. The fourth-order valence-corrected chi connectivity index (χ4v) is 9.00. The molecule has 0 bridgehead atoms. The van der Waals surface area contributed by atoms with Crippen molar-refractivity contribution in [3.63, 3.8) is 0 Å². The molecule has 8 aromatic carbocycles. The van der Waals surface area contributed by atoms with E-state index in [2.05, 4.69) is 152 Å². The summed E-state index contributed by atoms with van der Waals surface area (Å²) < 4.78 is 13.3. The minimum atomic E-state index is 0.562. The SMILES string of the molecule is C1=CC(c2nc(-c3cc4ccccc4c4ccccc34)nc(-c3cccc4c3oc3ccccc34)n2)=C(c2cccc3oc4c(-c5ccccc5)cccc4c23)CC1. The molecule has 12 rings (SSSR count). The van der Waals surface area contributed by atoms with Gasteiger partial charge in [-0.1, -0.05) is 152 Å². The maximum atomic E-state index is 6.71. The molecular formula is C53H33N3O2. The van der Waals surface area contributed by atoms with Crippen LogP contribution >= 0.6 is 0 Å². The van der Waals surface area contributed by atoms with Gasteiger partial charge in [-0.3, -0.25) is 0 Å². The summed E-state index contributed by atoms with van der Waals surface area (Å²) in [5.41, 5.74) is 10.6. The average Bonchev–Trinajstić information content (AvgIpc) is 3.88. The Morgan fingerprint density at radius 2 is 1.02 bits per heavy atom. The van der Waals surface area contributed by atoms with Crippen molar-refractivity contribution in [1.29, 1.82) is 0 Å². The van der Waals surface area contributed by atoms with Gasteiger partial charge in [0.05, 0.1) is 5.56 Å². The van der Waals surface area contributed by atoms with E-state index < -0.39 is 0 Å². The number of furan rings is 2. The normalized spacial score (nSPS) is 13.2. The minimum Gasteiger partial charge on any atom is -0.455 e. The summed E-state index contributed by atoms with van der Waals surface area (Å²) in [4.78, 5) is 16.1. The van der Waals surface area contributed by atoms with Crippen LogP contribution in [0.3, 0.4) is 0 Å². The van der Waals surface area contributed by atoms with Gasteiger partial charge in [-0.2, -0.15) is 0 Å². The molecule has 0 aliphatic heterocycles. The van der Waals surface area contributed by atoms with Crippen LogP contribution in [0, 0.1) is 0 Å². The first kappa shape index (κ1) is 32.6. The average molecular weight is 744 g/mol. The summed E-state index contributed by atoms with van der Waals surface area (Å²) >= 11 is 0. The van der Waals surface area contributed by atoms with Crippen LogP contribution in [0.15, 0.2) is 185 Å². The van der Waals surface area contributed by atoms with Gasteiger partial charge in [-0.15, -0.1) is 0 Å². The van der Waals surface area contributed by atoms with E-state index in [-0.39, 0.29) is 0 Å². The summed E-state index contributed by atoms with van der Waals surface area (Å²) in [5.74, 6) is 1.79. The number of nitrogens with zero attached hydrogens (tertiary/aromatic N) is 3. The molecule has 0 fully saturated rings. The molecule has 5 heteroatoms. The zero-order valence-electron chi connectivity index (χ0n) is 31.3. The third-order valence-electron chi connectivity index (χ3n) is 11.6. The van der Waals surface area contributed by atoms with E-state index in [1.54, 1.807) is 0 Å². The lowest BCUT2D eigenvalue weighted by atomic mass is 9.88. The summed E-state index contributed by atoms with van der Waals surface area (Å²) in [6, 6.07) is 56.9. The van der Waals surface area contributed by atoms with E-state index in [1.807, 2.05) is 24.3 Å². The third kappa shape index (κ3) is 5.07. The van der Waals surface area contributed by atoms with Crippen molar-refractivity contribution in [3.8, 4) is 33.9 Å². The van der Waals surface area contributed by atoms with Crippen molar-refractivity contribution < 1.29 is 8.83 Å². The van der Waals surface area contributed by atoms with Gasteiger partial charge in [0.25, 0.3) is 0 Å². The van der Waals surface area contributed by atoms with Crippen molar-refractivity contribution >= 4 is 76.6 Å². The molecule has 0 spiro atoms. The standard InChI is InChI=1S/C53H33N3O2/c1-2-15-32(16-3-1)35-24-12-27-43-48-40(25-14-30-47(48)58-49(35)43)38-21-8-9-23-42(38)51-54-52(44-28-13-26-41-39-22-10-11-29-46(39)57-50(41)44)56-53(55-51)45-31-33-17-4-5-18-34(33)36-19-6-7-20-37(36)45/h1-7,9-20,22-31H,8,21H2. The van der Waals surface area contributed by atoms with Crippen LogP contribution < -0.4 is 0 Å². The summed E-state index contributed by atoms with van der Waals surface area (Å²) in [6.07, 6.45) is 6.15. The zero-order chi connectivity index (χ0) is 38.2. The quantitative estimate of drug-likeness (QED) is 0.164. The van der Waals surface area contributed by atoms with E-state index in [0.29, 0.717) is 17.5 Å². The molecule has 0 N–H and O–H groups in total. The molecule has 5 nitrogen and oxygen atoms in total. The van der Waals surface area contributed by atoms with Gasteiger partial charge >= 0.3 is 0 Å². The molecule has 0 radical (unpaired) electrons. The van der Waals surface area contributed by atoms with Crippen LogP contribution in [0.5, 0.6) is 0 Å². The molecule has 3 heterocycles. The Balaban J connectivity index is 1.14. The molecule has 3 aromatic heterocycles. The number of fused-ring (bicyclic) bond motifs is 9. The van der Waals surface area contributed by atoms with Crippen LogP contribution in [0.1, 0.15) is 24.2 Å². The fourth-order valence-electron chi connectivity index (χ4n) is 9.00. The monoisotopic (exact) mass is 743 g/mol. The van der Waals surface area contributed by atoms with Gasteiger partial charge in [0, 0.05) is 38.2 Å². The van der Waals surface area contributed by atoms with Crippen LogP contribution in [0.25, 0.3) is 110 Å². The van der Waals surface area contributed by atoms with Crippen LogP contribution in [-0.2, 0) is 0 Å². The van der Waals surface area contributed by atoms with Gasteiger partial charge in [0.2, 0.25) is 0 Å². The molecule has 0 amide bonds. The second-order valence-corrected chi connectivity index (χ2v) is 14.9. The number of benzene rings is 8. The van der Waals surface area contributed by atoms with Gasteiger partial charge < -0.3 is 8.83 Å². The second kappa shape index (κ2) is 13.0. The molecule has 11 aromatic rings. The molecule has 0 saturated carbocycles. The molecule has 272 valence electrons. The molecule has 0 unspecified atom stereocenters. The Morgan fingerprint density at radius 1 is 0.414 bits per heavy atom. The van der Waals surface area contributed by atoms with E-state index in [1.165, 1.54) is 11.0 Å². The lowest BCUT2D eigenvalue weighted by Gasteiger charge is -2.18. The Labute approximate surface area is 333 Å². The predicted molar refractivity (Wildman–Crippen MR) is 237 cm³/mol. The third-order valence-corrected chi connectivity index (χ3v) is 11.6. The van der Waals surface area contributed by atoms with Crippen LogP contribution in [0.4, 0.5) is 0 Å². The Kier molecular flexibility index (Phi) is 7.29. The van der Waals surface area contributed by atoms with E-state index in [9.17, 15) is 0 Å². The smallest absolute Gasteiger partial charge is 0.167 e. The second-order valence-electron chi connectivity index (χ2n) is 14.9. The highest BCUT2D eigenvalue weighted by atomic mass is 16.3. The summed E-state index contributed by atoms with van der Waals surface area (Å²) in [6.45, 7) is 0. The van der Waals surface area contributed by atoms with Crippen molar-refractivity contribution in [3.05, 3.63) is 187 Å². The summed E-state index contributed by atoms with van der Waals surface area (Å²) in [5, 5.41) is 8.84. The highest BCUT2D eigenvalue weighted by Crippen LogP contribution is 2.44. The lowest BCUT2D eigenvalue weighted by molar-refractivity contribution is 0.669. The van der Waals surface area contributed by atoms with Gasteiger partial charge in [0.1, 0.15) is 22.3 Å². The predicted octanol–water partition coefficient (Wildman–Crippen LogP) is 14.2. The highest BCUT2D eigenvalue weighted by Gasteiger charge is 2.24. The van der Waals surface area contributed by atoms with E-state index in [0.717, 1.165) is 106 Å². The topological polar surface area (TPSA) is 65.0 Å². The Bertz CT molecular complexity index is 3520. The van der Waals surface area contributed by atoms with Crippen molar-refractivity contribution in [2.45, 2.75) is 12.8 Å².